The summed E-state index contributed by atoms with van der Waals surface area (Å²) in [5, 5.41) is 0. The SMILES string of the molecule is CCC(=O)CCOC(=O)C(C(=O)OC)C1CCCC1. The van der Waals surface area contributed by atoms with Gasteiger partial charge < -0.3 is 9.47 Å². The van der Waals surface area contributed by atoms with Crippen LogP contribution in [0.15, 0.2) is 0 Å². The number of ether oxygens (including phenoxy) is 2. The van der Waals surface area contributed by atoms with Gasteiger partial charge in [0.2, 0.25) is 0 Å². The number of rotatable bonds is 7. The summed E-state index contributed by atoms with van der Waals surface area (Å²) in [6.07, 6.45) is 4.40. The second-order valence-electron chi connectivity index (χ2n) is 4.86. The van der Waals surface area contributed by atoms with Crippen LogP contribution in [0.1, 0.15) is 45.4 Å². The number of methoxy groups -OCH3 is 1. The van der Waals surface area contributed by atoms with Crippen LogP contribution in [-0.2, 0) is 23.9 Å². The zero-order valence-electron chi connectivity index (χ0n) is 11.6. The lowest BCUT2D eigenvalue weighted by Gasteiger charge is -2.19. The molecule has 5 heteroatoms. The Kier molecular flexibility index (Phi) is 6.53. The molecule has 19 heavy (non-hydrogen) atoms. The molecule has 0 bridgehead atoms. The Hall–Kier alpha value is -1.39. The summed E-state index contributed by atoms with van der Waals surface area (Å²) >= 11 is 0. The maximum atomic E-state index is 12.0. The van der Waals surface area contributed by atoms with E-state index < -0.39 is 17.9 Å². The van der Waals surface area contributed by atoms with E-state index in [0.29, 0.717) is 6.42 Å². The highest BCUT2D eigenvalue weighted by molar-refractivity contribution is 5.95. The van der Waals surface area contributed by atoms with E-state index in [4.69, 9.17) is 4.74 Å². The highest BCUT2D eigenvalue weighted by Crippen LogP contribution is 2.32. The highest BCUT2D eigenvalue weighted by atomic mass is 16.5. The molecule has 0 radical (unpaired) electrons. The number of carbonyl (C=O) groups excluding carboxylic acids is 3. The lowest BCUT2D eigenvalue weighted by molar-refractivity contribution is -0.163. The maximum absolute atomic E-state index is 12.0. The van der Waals surface area contributed by atoms with E-state index in [2.05, 4.69) is 4.74 Å². The minimum Gasteiger partial charge on any atom is -0.468 e. The van der Waals surface area contributed by atoms with Gasteiger partial charge in [-0.05, 0) is 18.8 Å². The van der Waals surface area contributed by atoms with Crippen molar-refractivity contribution >= 4 is 17.7 Å². The number of carbonyl (C=O) groups is 3. The summed E-state index contributed by atoms with van der Waals surface area (Å²) in [5.74, 6) is -1.85. The van der Waals surface area contributed by atoms with Crippen LogP contribution in [0.4, 0.5) is 0 Å². The summed E-state index contributed by atoms with van der Waals surface area (Å²) in [6, 6.07) is 0. The average molecular weight is 270 g/mol. The largest absolute Gasteiger partial charge is 0.468 e. The van der Waals surface area contributed by atoms with Crippen molar-refractivity contribution < 1.29 is 23.9 Å². The molecule has 0 heterocycles. The van der Waals surface area contributed by atoms with E-state index in [1.807, 2.05) is 0 Å². The Bertz CT molecular complexity index is 331. The predicted molar refractivity (Wildman–Crippen MR) is 68.3 cm³/mol. The molecular weight excluding hydrogens is 248 g/mol. The fourth-order valence-electron chi connectivity index (χ4n) is 2.43. The molecular formula is C14H22O5. The number of esters is 2. The molecule has 1 aliphatic rings. The van der Waals surface area contributed by atoms with Crippen LogP contribution < -0.4 is 0 Å². The van der Waals surface area contributed by atoms with Gasteiger partial charge in [-0.3, -0.25) is 14.4 Å². The summed E-state index contributed by atoms with van der Waals surface area (Å²) in [4.78, 5) is 34.8. The highest BCUT2D eigenvalue weighted by Gasteiger charge is 2.38. The molecule has 1 atom stereocenters. The zero-order valence-corrected chi connectivity index (χ0v) is 11.6. The Morgan fingerprint density at radius 2 is 1.79 bits per heavy atom. The molecule has 0 aliphatic heterocycles. The van der Waals surface area contributed by atoms with Gasteiger partial charge in [0.1, 0.15) is 5.78 Å². The van der Waals surface area contributed by atoms with Crippen LogP contribution in [0.3, 0.4) is 0 Å². The molecule has 1 rings (SSSR count). The molecule has 0 spiro atoms. The van der Waals surface area contributed by atoms with Crippen molar-refractivity contribution in [3.8, 4) is 0 Å². The number of ketones is 1. The predicted octanol–water partition coefficient (Wildman–Crippen LogP) is 1.88. The van der Waals surface area contributed by atoms with E-state index in [-0.39, 0.29) is 24.7 Å². The quantitative estimate of drug-likeness (QED) is 0.522. The van der Waals surface area contributed by atoms with Gasteiger partial charge in [-0.15, -0.1) is 0 Å². The second-order valence-corrected chi connectivity index (χ2v) is 4.86. The lowest BCUT2D eigenvalue weighted by atomic mass is 9.91. The number of Topliss-reactive ketones (excluding diaryl/α,β-unsaturated/α-hetero) is 1. The average Bonchev–Trinajstić information content (AvgIpc) is 2.92. The van der Waals surface area contributed by atoms with Gasteiger partial charge in [0.25, 0.3) is 0 Å². The van der Waals surface area contributed by atoms with Crippen molar-refractivity contribution in [2.45, 2.75) is 45.4 Å². The molecule has 0 saturated heterocycles. The summed E-state index contributed by atoms with van der Waals surface area (Å²) in [5.41, 5.74) is 0. The van der Waals surface area contributed by atoms with Crippen molar-refractivity contribution in [1.29, 1.82) is 0 Å². The van der Waals surface area contributed by atoms with E-state index in [0.717, 1.165) is 25.7 Å². The van der Waals surface area contributed by atoms with E-state index in [1.165, 1.54) is 7.11 Å². The molecule has 0 N–H and O–H groups in total. The van der Waals surface area contributed by atoms with E-state index in [1.54, 1.807) is 6.92 Å². The topological polar surface area (TPSA) is 69.7 Å². The van der Waals surface area contributed by atoms with Crippen LogP contribution in [0.2, 0.25) is 0 Å². The fraction of sp³-hybridized carbons (Fsp3) is 0.786. The molecule has 1 fully saturated rings. The first-order valence-corrected chi connectivity index (χ1v) is 6.86. The van der Waals surface area contributed by atoms with Gasteiger partial charge >= 0.3 is 11.9 Å². The molecule has 0 aromatic heterocycles. The van der Waals surface area contributed by atoms with Gasteiger partial charge in [0, 0.05) is 12.8 Å². The standard InChI is InChI=1S/C14H22O5/c1-3-11(15)8-9-19-14(17)12(13(16)18-2)10-6-4-5-7-10/h10,12H,3-9H2,1-2H3. The van der Waals surface area contributed by atoms with Gasteiger partial charge in [-0.1, -0.05) is 19.8 Å². The monoisotopic (exact) mass is 270 g/mol. The first-order chi connectivity index (χ1) is 9.10. The first kappa shape index (κ1) is 15.7. The second kappa shape index (κ2) is 7.92. The lowest BCUT2D eigenvalue weighted by Crippen LogP contribution is -2.33. The Morgan fingerprint density at radius 1 is 1.16 bits per heavy atom. The van der Waals surface area contributed by atoms with Crippen LogP contribution in [-0.4, -0.2) is 31.4 Å². The Labute approximate surface area is 113 Å². The van der Waals surface area contributed by atoms with Gasteiger partial charge in [0.05, 0.1) is 13.7 Å². The van der Waals surface area contributed by atoms with E-state index >= 15 is 0 Å². The van der Waals surface area contributed by atoms with Crippen molar-refractivity contribution in [3.63, 3.8) is 0 Å². The van der Waals surface area contributed by atoms with Crippen molar-refractivity contribution in [3.05, 3.63) is 0 Å². The van der Waals surface area contributed by atoms with Crippen LogP contribution in [0, 0.1) is 11.8 Å². The number of hydrogen-bond acceptors (Lipinski definition) is 5. The Morgan fingerprint density at radius 3 is 2.32 bits per heavy atom. The zero-order chi connectivity index (χ0) is 14.3. The maximum Gasteiger partial charge on any atom is 0.320 e. The summed E-state index contributed by atoms with van der Waals surface area (Å²) < 4.78 is 9.74. The molecule has 108 valence electrons. The smallest absolute Gasteiger partial charge is 0.320 e. The van der Waals surface area contributed by atoms with E-state index in [9.17, 15) is 14.4 Å². The molecule has 1 aliphatic carbocycles. The first-order valence-electron chi connectivity index (χ1n) is 6.86. The van der Waals surface area contributed by atoms with Gasteiger partial charge in [-0.2, -0.15) is 0 Å². The summed E-state index contributed by atoms with van der Waals surface area (Å²) in [6.45, 7) is 1.81. The minimum atomic E-state index is -0.829. The molecule has 5 nitrogen and oxygen atoms in total. The fourth-order valence-corrected chi connectivity index (χ4v) is 2.43. The van der Waals surface area contributed by atoms with Crippen molar-refractivity contribution in [2.75, 3.05) is 13.7 Å². The number of hydrogen-bond donors (Lipinski definition) is 0. The molecule has 1 unspecified atom stereocenters. The van der Waals surface area contributed by atoms with Crippen molar-refractivity contribution in [1.82, 2.24) is 0 Å². The minimum absolute atomic E-state index is 0.0156. The molecule has 1 saturated carbocycles. The third kappa shape index (κ3) is 4.65. The molecule has 0 aromatic carbocycles. The van der Waals surface area contributed by atoms with Crippen LogP contribution >= 0.6 is 0 Å². The van der Waals surface area contributed by atoms with Crippen LogP contribution in [0.25, 0.3) is 0 Å². The Balaban J connectivity index is 2.51. The van der Waals surface area contributed by atoms with Gasteiger partial charge in [0.15, 0.2) is 5.92 Å². The van der Waals surface area contributed by atoms with Gasteiger partial charge in [-0.25, -0.2) is 0 Å². The molecule has 0 amide bonds. The molecule has 0 aromatic rings. The normalized spacial score (nSPS) is 16.9. The van der Waals surface area contributed by atoms with Crippen molar-refractivity contribution in [2.24, 2.45) is 11.8 Å². The van der Waals surface area contributed by atoms with Crippen LogP contribution in [0.5, 0.6) is 0 Å². The third-order valence-corrected chi connectivity index (χ3v) is 3.60. The third-order valence-electron chi connectivity index (χ3n) is 3.60. The summed E-state index contributed by atoms with van der Waals surface area (Å²) in [7, 11) is 1.28.